The van der Waals surface area contributed by atoms with Crippen LogP contribution in [0.3, 0.4) is 0 Å². The summed E-state index contributed by atoms with van der Waals surface area (Å²) in [7, 11) is -3.61. The minimum atomic E-state index is -3.61. The van der Waals surface area contributed by atoms with Crippen LogP contribution in [0.2, 0.25) is 0 Å². The highest BCUT2D eigenvalue weighted by atomic mass is 32.2. The molecule has 0 atom stereocenters. The maximum Gasteiger partial charge on any atom is 0.248 e. The predicted octanol–water partition coefficient (Wildman–Crippen LogP) is 1.31. The molecule has 3 rings (SSSR count). The third-order valence-corrected chi connectivity index (χ3v) is 6.96. The van der Waals surface area contributed by atoms with E-state index in [4.69, 9.17) is 4.52 Å². The zero-order valence-corrected chi connectivity index (χ0v) is 14.4. The SMILES string of the molecule is Cc1noc(C)c1S(=O)(=O)N1CCN(C(=O)C2CCCC2)CC1. The zero-order valence-electron chi connectivity index (χ0n) is 13.6. The van der Waals surface area contributed by atoms with Gasteiger partial charge in [-0.3, -0.25) is 4.79 Å². The molecule has 0 unspecified atom stereocenters. The van der Waals surface area contributed by atoms with Crippen molar-refractivity contribution in [1.29, 1.82) is 0 Å². The summed E-state index contributed by atoms with van der Waals surface area (Å²) >= 11 is 0. The third kappa shape index (κ3) is 3.01. The number of hydrogen-bond acceptors (Lipinski definition) is 5. The lowest BCUT2D eigenvalue weighted by atomic mass is 10.1. The largest absolute Gasteiger partial charge is 0.360 e. The van der Waals surface area contributed by atoms with Crippen molar-refractivity contribution in [2.45, 2.75) is 44.4 Å². The number of amides is 1. The molecule has 1 saturated heterocycles. The Morgan fingerprint density at radius 3 is 2.26 bits per heavy atom. The van der Waals surface area contributed by atoms with Crippen LogP contribution >= 0.6 is 0 Å². The molecule has 1 aromatic rings. The molecule has 7 nitrogen and oxygen atoms in total. The average molecular weight is 341 g/mol. The number of carbonyl (C=O) groups is 1. The highest BCUT2D eigenvalue weighted by Crippen LogP contribution is 2.28. The Morgan fingerprint density at radius 1 is 1.13 bits per heavy atom. The number of sulfonamides is 1. The number of nitrogens with zero attached hydrogens (tertiary/aromatic N) is 3. The zero-order chi connectivity index (χ0) is 16.6. The number of aryl methyl sites for hydroxylation is 2. The molecular weight excluding hydrogens is 318 g/mol. The van der Waals surface area contributed by atoms with Gasteiger partial charge in [-0.15, -0.1) is 0 Å². The summed E-state index contributed by atoms with van der Waals surface area (Å²) in [5.74, 6) is 0.643. The van der Waals surface area contributed by atoms with Crippen molar-refractivity contribution in [2.24, 2.45) is 5.92 Å². The fourth-order valence-corrected chi connectivity index (χ4v) is 5.27. The first-order chi connectivity index (χ1) is 10.9. The minimum Gasteiger partial charge on any atom is -0.360 e. The third-order valence-electron chi connectivity index (χ3n) is 4.82. The Kier molecular flexibility index (Phi) is 4.46. The average Bonchev–Trinajstić information content (AvgIpc) is 3.17. The summed E-state index contributed by atoms with van der Waals surface area (Å²) in [5.41, 5.74) is 0.381. The summed E-state index contributed by atoms with van der Waals surface area (Å²) in [5, 5.41) is 3.73. The van der Waals surface area contributed by atoms with Crippen LogP contribution in [0.25, 0.3) is 0 Å². The van der Waals surface area contributed by atoms with Crippen molar-refractivity contribution >= 4 is 15.9 Å². The van der Waals surface area contributed by atoms with Crippen molar-refractivity contribution < 1.29 is 17.7 Å². The maximum atomic E-state index is 12.7. The van der Waals surface area contributed by atoms with Crippen LogP contribution in [0, 0.1) is 19.8 Å². The van der Waals surface area contributed by atoms with Gasteiger partial charge in [0.25, 0.3) is 0 Å². The van der Waals surface area contributed by atoms with E-state index in [9.17, 15) is 13.2 Å². The Labute approximate surface area is 136 Å². The van der Waals surface area contributed by atoms with Crippen molar-refractivity contribution in [3.05, 3.63) is 11.5 Å². The number of hydrogen-bond donors (Lipinski definition) is 0. The van der Waals surface area contributed by atoms with E-state index in [2.05, 4.69) is 5.16 Å². The maximum absolute atomic E-state index is 12.7. The quantitative estimate of drug-likeness (QED) is 0.828. The number of rotatable bonds is 3. The summed E-state index contributed by atoms with van der Waals surface area (Å²) < 4.78 is 31.9. The lowest BCUT2D eigenvalue weighted by Crippen LogP contribution is -2.51. The van der Waals surface area contributed by atoms with Gasteiger partial charge in [0.1, 0.15) is 10.6 Å². The van der Waals surface area contributed by atoms with E-state index in [0.717, 1.165) is 25.7 Å². The molecule has 1 aliphatic carbocycles. The molecule has 1 aromatic heterocycles. The first-order valence-electron chi connectivity index (χ1n) is 8.13. The van der Waals surface area contributed by atoms with Gasteiger partial charge in [-0.25, -0.2) is 8.42 Å². The van der Waals surface area contributed by atoms with Gasteiger partial charge < -0.3 is 9.42 Å². The van der Waals surface area contributed by atoms with Gasteiger partial charge >= 0.3 is 0 Å². The van der Waals surface area contributed by atoms with Gasteiger partial charge in [0.15, 0.2) is 5.76 Å². The van der Waals surface area contributed by atoms with Crippen LogP contribution < -0.4 is 0 Å². The summed E-state index contributed by atoms with van der Waals surface area (Å²) in [6.07, 6.45) is 4.18. The van der Waals surface area contributed by atoms with E-state index in [-0.39, 0.29) is 16.7 Å². The van der Waals surface area contributed by atoms with E-state index >= 15 is 0 Å². The van der Waals surface area contributed by atoms with Gasteiger partial charge in [-0.1, -0.05) is 18.0 Å². The molecule has 1 aliphatic heterocycles. The molecular formula is C15H23N3O4S. The molecule has 0 bridgehead atoms. The molecule has 2 fully saturated rings. The van der Waals surface area contributed by atoms with Gasteiger partial charge in [-0.05, 0) is 26.7 Å². The molecule has 23 heavy (non-hydrogen) atoms. The Bertz CT molecular complexity index is 664. The Balaban J connectivity index is 1.68. The fraction of sp³-hybridized carbons (Fsp3) is 0.733. The van der Waals surface area contributed by atoms with Crippen molar-refractivity contribution in [2.75, 3.05) is 26.2 Å². The fourth-order valence-electron chi connectivity index (χ4n) is 3.55. The second kappa shape index (κ2) is 6.24. The summed E-state index contributed by atoms with van der Waals surface area (Å²) in [4.78, 5) is 14.4. The van der Waals surface area contributed by atoms with Gasteiger partial charge in [-0.2, -0.15) is 4.31 Å². The standard InChI is InChI=1S/C15H23N3O4S/c1-11-14(12(2)22-16-11)23(20,21)18-9-7-17(8-10-18)15(19)13-5-3-4-6-13/h13H,3-10H2,1-2H3. The molecule has 2 heterocycles. The molecule has 2 aliphatic rings. The predicted molar refractivity (Wildman–Crippen MR) is 83.3 cm³/mol. The molecule has 0 radical (unpaired) electrons. The van der Waals surface area contributed by atoms with Crippen molar-refractivity contribution in [3.8, 4) is 0 Å². The molecule has 1 saturated carbocycles. The van der Waals surface area contributed by atoms with Crippen LogP contribution in [-0.2, 0) is 14.8 Å². The van der Waals surface area contributed by atoms with E-state index in [0.29, 0.717) is 37.6 Å². The summed E-state index contributed by atoms with van der Waals surface area (Å²) in [6.45, 7) is 4.79. The lowest BCUT2D eigenvalue weighted by molar-refractivity contribution is -0.136. The normalized spacial score (nSPS) is 21.0. The molecule has 8 heteroatoms. The van der Waals surface area contributed by atoms with E-state index in [1.165, 1.54) is 4.31 Å². The highest BCUT2D eigenvalue weighted by molar-refractivity contribution is 7.89. The van der Waals surface area contributed by atoms with Crippen molar-refractivity contribution in [3.63, 3.8) is 0 Å². The summed E-state index contributed by atoms with van der Waals surface area (Å²) in [6, 6.07) is 0. The van der Waals surface area contributed by atoms with Crippen LogP contribution in [0.15, 0.2) is 9.42 Å². The second-order valence-electron chi connectivity index (χ2n) is 6.36. The van der Waals surface area contributed by atoms with E-state index in [1.807, 2.05) is 4.90 Å². The van der Waals surface area contributed by atoms with E-state index in [1.54, 1.807) is 13.8 Å². The monoisotopic (exact) mass is 341 g/mol. The van der Waals surface area contributed by atoms with E-state index < -0.39 is 10.0 Å². The lowest BCUT2D eigenvalue weighted by Gasteiger charge is -2.35. The second-order valence-corrected chi connectivity index (χ2v) is 8.24. The highest BCUT2D eigenvalue weighted by Gasteiger charge is 2.35. The molecule has 0 spiro atoms. The van der Waals surface area contributed by atoms with Crippen LogP contribution in [0.4, 0.5) is 0 Å². The molecule has 0 aromatic carbocycles. The molecule has 0 N–H and O–H groups in total. The van der Waals surface area contributed by atoms with Gasteiger partial charge in [0, 0.05) is 32.1 Å². The Hall–Kier alpha value is -1.41. The number of carbonyl (C=O) groups excluding carboxylic acids is 1. The van der Waals surface area contributed by atoms with Crippen LogP contribution in [0.1, 0.15) is 37.1 Å². The first-order valence-corrected chi connectivity index (χ1v) is 9.57. The molecule has 1 amide bonds. The van der Waals surface area contributed by atoms with Crippen LogP contribution in [0.5, 0.6) is 0 Å². The number of piperazine rings is 1. The smallest absolute Gasteiger partial charge is 0.248 e. The van der Waals surface area contributed by atoms with Crippen LogP contribution in [-0.4, -0.2) is 54.9 Å². The van der Waals surface area contributed by atoms with Crippen molar-refractivity contribution in [1.82, 2.24) is 14.4 Å². The Morgan fingerprint density at radius 2 is 1.74 bits per heavy atom. The van der Waals surface area contributed by atoms with Gasteiger partial charge in [0.05, 0.1) is 0 Å². The first kappa shape index (κ1) is 16.4. The molecule has 128 valence electrons. The number of aromatic nitrogens is 1. The minimum absolute atomic E-state index is 0.140. The van der Waals surface area contributed by atoms with Gasteiger partial charge in [0.2, 0.25) is 15.9 Å². The topological polar surface area (TPSA) is 83.7 Å².